The van der Waals surface area contributed by atoms with Crippen LogP contribution in [0.2, 0.25) is 0 Å². The molecule has 0 aliphatic heterocycles. The summed E-state index contributed by atoms with van der Waals surface area (Å²) in [6.45, 7) is 0. The molecule has 0 aromatic heterocycles. The fourth-order valence-electron chi connectivity index (χ4n) is 0.284. The molecule has 0 aliphatic carbocycles. The number of hydrogen-bond acceptors (Lipinski definition) is 5. The van der Waals surface area contributed by atoms with E-state index in [9.17, 15) is 13.7 Å². The quantitative estimate of drug-likeness (QED) is 0.224. The zero-order chi connectivity index (χ0) is 10.9. The van der Waals surface area contributed by atoms with Crippen molar-refractivity contribution in [3.63, 3.8) is 0 Å². The van der Waals surface area contributed by atoms with Gasteiger partial charge in [-0.05, 0) is 0 Å². The van der Waals surface area contributed by atoms with Gasteiger partial charge < -0.3 is 54.7 Å². The summed E-state index contributed by atoms with van der Waals surface area (Å²) >= 11 is 0. The Bertz CT molecular complexity index is 289. The topological polar surface area (TPSA) is 328 Å². The molecule has 0 spiro atoms. The fourth-order valence-corrected chi connectivity index (χ4v) is 2.82. The molecule has 0 saturated carbocycles. The van der Waals surface area contributed by atoms with E-state index < -0.39 is 23.5 Å². The van der Waals surface area contributed by atoms with E-state index in [0.29, 0.717) is 0 Å². The standard InChI is InChI=1S/Ca.H5O10P3.5H2O.2H/c;1-11(2,3)9-13(7,8)10-12(4,5)6;;;;;;;/h;(H,7,8)(H2,1,2,3)(H2,4,5,6);5*1H2;;/q+2;;;;;;;2*-1. The Labute approximate surface area is 138 Å². The van der Waals surface area contributed by atoms with Crippen LogP contribution in [0.5, 0.6) is 0 Å². The maximum Gasteiger partial charge on any atom is 2.00 e. The van der Waals surface area contributed by atoms with Crippen LogP contribution >= 0.6 is 23.5 Å². The summed E-state index contributed by atoms with van der Waals surface area (Å²) in [6, 6.07) is 0. The van der Waals surface area contributed by atoms with E-state index in [0.717, 1.165) is 0 Å². The molecule has 0 aliphatic rings. The van der Waals surface area contributed by atoms with Gasteiger partial charge in [0.05, 0.1) is 0 Å². The molecule has 19 heteroatoms. The minimum atomic E-state index is -5.46. The average molecular weight is 390 g/mol. The Balaban J connectivity index is -0.0000000257. The third-order valence-electron chi connectivity index (χ3n) is 0.419. The van der Waals surface area contributed by atoms with E-state index in [4.69, 9.17) is 24.5 Å². The molecular formula is H17CaO15P3. The Morgan fingerprint density at radius 3 is 0.895 bits per heavy atom. The molecule has 0 bridgehead atoms. The minimum Gasteiger partial charge on any atom is -1.00 e. The van der Waals surface area contributed by atoms with Gasteiger partial charge in [-0.2, -0.15) is 8.62 Å². The first-order valence-corrected chi connectivity index (χ1v) is 6.83. The Morgan fingerprint density at radius 2 is 0.789 bits per heavy atom. The van der Waals surface area contributed by atoms with Crippen LogP contribution in [0.15, 0.2) is 0 Å². The van der Waals surface area contributed by atoms with Crippen molar-refractivity contribution in [3.05, 3.63) is 0 Å². The first-order chi connectivity index (χ1) is 5.41. The van der Waals surface area contributed by atoms with E-state index in [1.54, 1.807) is 0 Å². The third kappa shape index (κ3) is 32.8. The molecule has 15 N–H and O–H groups in total. The van der Waals surface area contributed by atoms with Crippen molar-refractivity contribution in [2.45, 2.75) is 0 Å². The summed E-state index contributed by atoms with van der Waals surface area (Å²) in [4.78, 5) is 40.2. The summed E-state index contributed by atoms with van der Waals surface area (Å²) in [7, 11) is -16.2. The van der Waals surface area contributed by atoms with E-state index in [1.807, 2.05) is 0 Å². The predicted molar refractivity (Wildman–Crippen MR) is 62.1 cm³/mol. The maximum absolute atomic E-state index is 10.4. The largest absolute Gasteiger partial charge is 2.00 e. The van der Waals surface area contributed by atoms with Crippen LogP contribution in [-0.2, 0) is 22.3 Å². The van der Waals surface area contributed by atoms with Crippen molar-refractivity contribution in [2.75, 3.05) is 0 Å². The molecule has 19 heavy (non-hydrogen) atoms. The second-order valence-corrected chi connectivity index (χ2v) is 5.82. The number of hydrogen-bond donors (Lipinski definition) is 5. The second kappa shape index (κ2) is 14.4. The van der Waals surface area contributed by atoms with Gasteiger partial charge in [0.25, 0.3) is 0 Å². The predicted octanol–water partition coefficient (Wildman–Crippen LogP) is -4.97. The molecule has 0 atom stereocenters. The number of phosphoric acid groups is 3. The van der Waals surface area contributed by atoms with Gasteiger partial charge in [0.15, 0.2) is 0 Å². The molecule has 0 aromatic rings. The van der Waals surface area contributed by atoms with Crippen molar-refractivity contribution in [3.8, 4) is 0 Å². The SMILES string of the molecule is O.O.O.O.O.O=P(O)(O)OP(=O)(O)OP(=O)(O)O.[Ca+2].[H-].[H-]. The molecular weight excluding hydrogens is 373 g/mol. The number of rotatable bonds is 4. The van der Waals surface area contributed by atoms with Crippen LogP contribution in [0.1, 0.15) is 2.85 Å². The van der Waals surface area contributed by atoms with Gasteiger partial charge >= 0.3 is 61.2 Å². The van der Waals surface area contributed by atoms with Crippen LogP contribution in [0, 0.1) is 0 Å². The Hall–Kier alpha value is 1.47. The maximum atomic E-state index is 10.4. The van der Waals surface area contributed by atoms with Gasteiger partial charge in [0, 0.05) is 0 Å². The first kappa shape index (κ1) is 42.8. The summed E-state index contributed by atoms with van der Waals surface area (Å²) < 4.78 is 36.4. The zero-order valence-electron chi connectivity index (χ0n) is 10.8. The van der Waals surface area contributed by atoms with Crippen molar-refractivity contribution < 1.29 is 77.0 Å². The van der Waals surface area contributed by atoms with Gasteiger partial charge in [-0.15, -0.1) is 0 Å². The summed E-state index contributed by atoms with van der Waals surface area (Å²) in [5.74, 6) is 0. The first-order valence-electron chi connectivity index (χ1n) is 2.28. The molecule has 0 rings (SSSR count). The molecule has 0 heterocycles. The molecule has 15 nitrogen and oxygen atoms in total. The van der Waals surface area contributed by atoms with Gasteiger partial charge in [0.2, 0.25) is 0 Å². The Morgan fingerprint density at radius 1 is 0.632 bits per heavy atom. The summed E-state index contributed by atoms with van der Waals surface area (Å²) in [6.07, 6.45) is 0. The van der Waals surface area contributed by atoms with Crippen LogP contribution < -0.4 is 0 Å². The molecule has 0 unspecified atom stereocenters. The van der Waals surface area contributed by atoms with Crippen LogP contribution in [-0.4, -0.2) is 89.6 Å². The normalized spacial score (nSPS) is 9.95. The van der Waals surface area contributed by atoms with E-state index in [2.05, 4.69) is 8.62 Å². The van der Waals surface area contributed by atoms with Gasteiger partial charge in [-0.25, -0.2) is 13.7 Å². The second-order valence-electron chi connectivity index (χ2n) is 1.61. The van der Waals surface area contributed by atoms with Gasteiger partial charge in [0.1, 0.15) is 0 Å². The smallest absolute Gasteiger partial charge is 1.00 e. The van der Waals surface area contributed by atoms with Crippen molar-refractivity contribution in [1.82, 2.24) is 0 Å². The molecule has 124 valence electrons. The minimum absolute atomic E-state index is 0. The van der Waals surface area contributed by atoms with E-state index in [-0.39, 0.29) is 68.0 Å². The van der Waals surface area contributed by atoms with Crippen molar-refractivity contribution in [2.24, 2.45) is 0 Å². The van der Waals surface area contributed by atoms with Crippen LogP contribution in [0.3, 0.4) is 0 Å². The van der Waals surface area contributed by atoms with Gasteiger partial charge in [-0.3, -0.25) is 0 Å². The molecule has 0 radical (unpaired) electrons. The summed E-state index contributed by atoms with van der Waals surface area (Å²) in [5, 5.41) is 0. The van der Waals surface area contributed by atoms with Gasteiger partial charge in [-0.1, -0.05) is 0 Å². The third-order valence-corrected chi connectivity index (χ3v) is 3.77. The van der Waals surface area contributed by atoms with Crippen LogP contribution in [0.25, 0.3) is 0 Å². The molecule has 0 fully saturated rings. The van der Waals surface area contributed by atoms with Crippen molar-refractivity contribution in [1.29, 1.82) is 0 Å². The van der Waals surface area contributed by atoms with Crippen molar-refractivity contribution >= 4 is 61.2 Å². The van der Waals surface area contributed by atoms with Crippen LogP contribution in [0.4, 0.5) is 0 Å². The molecule has 0 saturated heterocycles. The monoisotopic (exact) mass is 390 g/mol. The fraction of sp³-hybridized carbons (Fsp3) is 0. The Kier molecular flexibility index (Phi) is 32.4. The van der Waals surface area contributed by atoms with E-state index in [1.165, 1.54) is 0 Å². The summed E-state index contributed by atoms with van der Waals surface area (Å²) in [5.41, 5.74) is 0. The zero-order valence-corrected chi connectivity index (χ0v) is 13.7. The average Bonchev–Trinajstić information content (AvgIpc) is 1.43. The molecule has 0 amide bonds. The van der Waals surface area contributed by atoms with E-state index >= 15 is 0 Å². The molecule has 0 aromatic carbocycles.